The topological polar surface area (TPSA) is 105 Å². The number of aliphatic hydroxyl groups is 1. The van der Waals surface area contributed by atoms with E-state index in [1.165, 1.54) is 0 Å². The summed E-state index contributed by atoms with van der Waals surface area (Å²) in [4.78, 5) is 27.3. The fraction of sp³-hybridized carbons (Fsp3) is 0.308. The van der Waals surface area contributed by atoms with Crippen LogP contribution in [0.1, 0.15) is 26.3 Å². The number of nitrogens with two attached hydrogens (primary N) is 1. The molecular weight excluding hydrogens is 418 g/mol. The number of hydrogen-bond donors (Lipinski definition) is 3. The molecule has 1 aliphatic rings. The quantitative estimate of drug-likeness (QED) is 0.532. The maximum Gasteiger partial charge on any atom is 0.259 e. The van der Waals surface area contributed by atoms with Crippen LogP contribution in [0.15, 0.2) is 60.7 Å². The molecule has 1 heterocycles. The van der Waals surface area contributed by atoms with Crippen LogP contribution in [0, 0.1) is 0 Å². The van der Waals surface area contributed by atoms with E-state index in [4.69, 9.17) is 10.5 Å². The van der Waals surface area contributed by atoms with Crippen LogP contribution in [0.2, 0.25) is 0 Å². The van der Waals surface area contributed by atoms with E-state index in [1.807, 2.05) is 36.4 Å². The van der Waals surface area contributed by atoms with Crippen LogP contribution in [0.5, 0.6) is 0 Å². The van der Waals surface area contributed by atoms with Crippen molar-refractivity contribution in [2.75, 3.05) is 29.1 Å². The first-order chi connectivity index (χ1) is 15.6. The second-order valence-electron chi connectivity index (χ2n) is 9.30. The van der Waals surface area contributed by atoms with E-state index in [-0.39, 0.29) is 12.0 Å². The Morgan fingerprint density at radius 3 is 2.58 bits per heavy atom. The maximum absolute atomic E-state index is 13.1. The molecule has 0 unspecified atom stereocenters. The Kier molecular flexibility index (Phi) is 6.10. The Bertz CT molecular complexity index is 1180. The number of ether oxygens (including phenoxy) is 1. The lowest BCUT2D eigenvalue weighted by Gasteiger charge is -2.34. The number of carbonyl (C=O) groups excluding carboxylic acids is 2. The summed E-state index contributed by atoms with van der Waals surface area (Å²) in [6, 6.07) is 18.5. The molecule has 3 aromatic rings. The fourth-order valence-electron chi connectivity index (χ4n) is 3.97. The molecule has 172 valence electrons. The summed E-state index contributed by atoms with van der Waals surface area (Å²) in [7, 11) is 0. The average Bonchev–Trinajstić information content (AvgIpc) is 2.78. The number of aliphatic hydroxyl groups excluding tert-OH is 1. The van der Waals surface area contributed by atoms with Crippen LogP contribution in [-0.2, 0) is 19.7 Å². The van der Waals surface area contributed by atoms with Crippen molar-refractivity contribution >= 4 is 39.6 Å². The van der Waals surface area contributed by atoms with Crippen LogP contribution in [0.4, 0.5) is 17.1 Å². The van der Waals surface area contributed by atoms with Crippen molar-refractivity contribution in [2.24, 2.45) is 0 Å². The van der Waals surface area contributed by atoms with Gasteiger partial charge in [-0.3, -0.25) is 9.59 Å². The highest BCUT2D eigenvalue weighted by Gasteiger charge is 2.39. The van der Waals surface area contributed by atoms with Crippen molar-refractivity contribution < 1.29 is 19.4 Å². The Balaban J connectivity index is 1.47. The number of hydrogen-bond acceptors (Lipinski definition) is 5. The van der Waals surface area contributed by atoms with Gasteiger partial charge in [0.1, 0.15) is 0 Å². The van der Waals surface area contributed by atoms with Gasteiger partial charge in [0.2, 0.25) is 0 Å². The number of nitrogens with zero attached hydrogens (tertiary/aromatic N) is 1. The van der Waals surface area contributed by atoms with E-state index in [0.29, 0.717) is 23.6 Å². The minimum absolute atomic E-state index is 0.00114. The normalized spacial score (nSPS) is 17.8. The molecule has 4 N–H and O–H groups in total. The van der Waals surface area contributed by atoms with Crippen molar-refractivity contribution in [3.05, 3.63) is 66.2 Å². The van der Waals surface area contributed by atoms with Crippen LogP contribution in [-0.4, -0.2) is 42.3 Å². The molecule has 1 aliphatic heterocycles. The van der Waals surface area contributed by atoms with Crippen LogP contribution in [0.25, 0.3) is 10.8 Å². The second kappa shape index (κ2) is 8.84. The number of morpholine rings is 1. The summed E-state index contributed by atoms with van der Waals surface area (Å²) in [5.41, 5.74) is 8.97. The zero-order valence-corrected chi connectivity index (χ0v) is 19.0. The first-order valence-electron chi connectivity index (χ1n) is 11.0. The van der Waals surface area contributed by atoms with Crippen LogP contribution >= 0.6 is 0 Å². The third kappa shape index (κ3) is 4.69. The standard InChI is InChI=1S/C26H29N3O4/c1-26(2,3)17-7-10-19(11-8-17)29-13-14-33-23(25(29)32)22(30)24(31)28-18-9-12-20-16(15-18)5-4-6-21(20)27/h4-12,15,22-23,30H,13-14,27H2,1-3H3,(H,28,31)/t22-,23-/m1/s1. The molecule has 2 amide bonds. The van der Waals surface area contributed by atoms with E-state index in [1.54, 1.807) is 29.2 Å². The van der Waals surface area contributed by atoms with Crippen molar-refractivity contribution in [3.63, 3.8) is 0 Å². The lowest BCUT2D eigenvalue weighted by Crippen LogP contribution is -2.55. The number of fused-ring (bicyclic) bond motifs is 1. The van der Waals surface area contributed by atoms with E-state index < -0.39 is 24.0 Å². The molecule has 7 nitrogen and oxygen atoms in total. The molecule has 33 heavy (non-hydrogen) atoms. The monoisotopic (exact) mass is 447 g/mol. The van der Waals surface area contributed by atoms with E-state index >= 15 is 0 Å². The van der Waals surface area contributed by atoms with Gasteiger partial charge in [0.25, 0.3) is 11.8 Å². The smallest absolute Gasteiger partial charge is 0.259 e. The molecule has 0 aliphatic carbocycles. The predicted molar refractivity (Wildman–Crippen MR) is 130 cm³/mol. The van der Waals surface area contributed by atoms with Gasteiger partial charge in [-0.2, -0.15) is 0 Å². The molecule has 1 saturated heterocycles. The van der Waals surface area contributed by atoms with Gasteiger partial charge >= 0.3 is 0 Å². The Morgan fingerprint density at radius 1 is 1.15 bits per heavy atom. The van der Waals surface area contributed by atoms with E-state index in [0.717, 1.165) is 16.3 Å². The van der Waals surface area contributed by atoms with Crippen LogP contribution in [0.3, 0.4) is 0 Å². The largest absolute Gasteiger partial charge is 0.398 e. The number of carbonyl (C=O) groups is 2. The second-order valence-corrected chi connectivity index (χ2v) is 9.30. The minimum atomic E-state index is -1.65. The molecule has 0 radical (unpaired) electrons. The molecule has 4 rings (SSSR count). The SMILES string of the molecule is CC(C)(C)c1ccc(N2CCO[C@H]([C@@H](O)C(=O)Nc3ccc4c(N)cccc4c3)C2=O)cc1. The summed E-state index contributed by atoms with van der Waals surface area (Å²) >= 11 is 0. The van der Waals surface area contributed by atoms with Crippen molar-refractivity contribution in [3.8, 4) is 0 Å². The summed E-state index contributed by atoms with van der Waals surface area (Å²) < 4.78 is 5.51. The summed E-state index contributed by atoms with van der Waals surface area (Å²) in [5.74, 6) is -1.15. The molecule has 0 bridgehead atoms. The lowest BCUT2D eigenvalue weighted by atomic mass is 9.87. The Morgan fingerprint density at radius 2 is 1.88 bits per heavy atom. The highest BCUT2D eigenvalue weighted by Crippen LogP contribution is 2.27. The zero-order chi connectivity index (χ0) is 23.8. The Hall–Kier alpha value is -3.42. The number of benzene rings is 3. The van der Waals surface area contributed by atoms with Gasteiger partial charge < -0.3 is 25.8 Å². The number of nitrogen functional groups attached to an aromatic ring is 1. The van der Waals surface area contributed by atoms with Crippen molar-refractivity contribution in [1.82, 2.24) is 0 Å². The number of rotatable bonds is 4. The van der Waals surface area contributed by atoms with Gasteiger partial charge in [0, 0.05) is 29.0 Å². The van der Waals surface area contributed by atoms with E-state index in [2.05, 4.69) is 26.1 Å². The van der Waals surface area contributed by atoms with Gasteiger partial charge in [-0.15, -0.1) is 0 Å². The van der Waals surface area contributed by atoms with Crippen molar-refractivity contribution in [2.45, 2.75) is 38.4 Å². The fourth-order valence-corrected chi connectivity index (χ4v) is 3.97. The van der Waals surface area contributed by atoms with Crippen molar-refractivity contribution in [1.29, 1.82) is 0 Å². The first-order valence-corrected chi connectivity index (χ1v) is 11.0. The maximum atomic E-state index is 13.1. The molecule has 0 spiro atoms. The van der Waals surface area contributed by atoms with E-state index in [9.17, 15) is 14.7 Å². The molecule has 3 aromatic carbocycles. The summed E-state index contributed by atoms with van der Waals surface area (Å²) in [6.45, 7) is 6.94. The van der Waals surface area contributed by atoms with Gasteiger partial charge in [0.15, 0.2) is 12.2 Å². The van der Waals surface area contributed by atoms with Gasteiger partial charge in [-0.25, -0.2) is 0 Å². The molecule has 7 heteroatoms. The molecule has 0 aromatic heterocycles. The first kappa shape index (κ1) is 22.8. The number of nitrogens with one attached hydrogen (secondary N) is 1. The van der Waals surface area contributed by atoms with Crippen LogP contribution < -0.4 is 16.0 Å². The predicted octanol–water partition coefficient (Wildman–Crippen LogP) is 3.45. The number of amides is 2. The molecule has 1 fully saturated rings. The lowest BCUT2D eigenvalue weighted by molar-refractivity contribution is -0.150. The zero-order valence-electron chi connectivity index (χ0n) is 19.0. The molecule has 2 atom stereocenters. The average molecular weight is 448 g/mol. The summed E-state index contributed by atoms with van der Waals surface area (Å²) in [6.07, 6.45) is -2.93. The highest BCUT2D eigenvalue weighted by molar-refractivity contribution is 6.04. The number of anilines is 3. The van der Waals surface area contributed by atoms with Gasteiger partial charge in [0.05, 0.1) is 6.61 Å². The van der Waals surface area contributed by atoms with Gasteiger partial charge in [-0.05, 0) is 46.7 Å². The third-order valence-corrected chi connectivity index (χ3v) is 5.90. The summed E-state index contributed by atoms with van der Waals surface area (Å²) in [5, 5.41) is 15.0. The third-order valence-electron chi connectivity index (χ3n) is 5.90. The minimum Gasteiger partial charge on any atom is -0.398 e. The molecular formula is C26H29N3O4. The highest BCUT2D eigenvalue weighted by atomic mass is 16.5. The molecule has 0 saturated carbocycles. The Labute approximate surface area is 193 Å². The van der Waals surface area contributed by atoms with Gasteiger partial charge in [-0.1, -0.05) is 51.1 Å².